The van der Waals surface area contributed by atoms with Crippen LogP contribution >= 0.6 is 0 Å². The highest BCUT2D eigenvalue weighted by Crippen LogP contribution is 2.28. The minimum Gasteiger partial charge on any atom is -0.485 e. The first-order chi connectivity index (χ1) is 12.9. The van der Waals surface area contributed by atoms with Gasteiger partial charge in [-0.1, -0.05) is 23.4 Å². The SMILES string of the molecule is c1ccc(OCc2noc(CN3CCC(c4ccncc4)CC3)n2)cc1. The molecular formula is C20H22N4O2. The Morgan fingerprint density at radius 2 is 1.81 bits per heavy atom. The van der Waals surface area contributed by atoms with Crippen LogP contribution in [0, 0.1) is 0 Å². The van der Waals surface area contributed by atoms with Gasteiger partial charge in [-0.25, -0.2) is 0 Å². The van der Waals surface area contributed by atoms with E-state index in [4.69, 9.17) is 9.26 Å². The van der Waals surface area contributed by atoms with Gasteiger partial charge in [0.05, 0.1) is 6.54 Å². The van der Waals surface area contributed by atoms with Crippen LogP contribution in [0.5, 0.6) is 5.75 Å². The monoisotopic (exact) mass is 350 g/mol. The highest BCUT2D eigenvalue weighted by Gasteiger charge is 2.22. The van der Waals surface area contributed by atoms with Crippen LogP contribution in [0.25, 0.3) is 0 Å². The van der Waals surface area contributed by atoms with E-state index in [0.717, 1.165) is 31.7 Å². The number of para-hydroxylation sites is 1. The van der Waals surface area contributed by atoms with Crippen molar-refractivity contribution in [3.8, 4) is 5.75 Å². The molecule has 0 amide bonds. The average Bonchev–Trinajstić information content (AvgIpc) is 3.16. The summed E-state index contributed by atoms with van der Waals surface area (Å²) in [5.74, 6) is 2.65. The zero-order chi connectivity index (χ0) is 17.6. The first-order valence-electron chi connectivity index (χ1n) is 8.98. The maximum atomic E-state index is 5.65. The summed E-state index contributed by atoms with van der Waals surface area (Å²) in [6.07, 6.45) is 6.03. The maximum Gasteiger partial charge on any atom is 0.240 e. The molecule has 6 nitrogen and oxygen atoms in total. The molecule has 134 valence electrons. The molecule has 6 heteroatoms. The largest absolute Gasteiger partial charge is 0.485 e. The summed E-state index contributed by atoms with van der Waals surface area (Å²) in [7, 11) is 0. The van der Waals surface area contributed by atoms with Gasteiger partial charge in [0.15, 0.2) is 6.61 Å². The second-order valence-corrected chi connectivity index (χ2v) is 6.54. The standard InChI is InChI=1S/C20H22N4O2/c1-2-4-18(5-3-1)25-15-19-22-20(26-23-19)14-24-12-8-17(9-13-24)16-6-10-21-11-7-16/h1-7,10-11,17H,8-9,12-15H2. The summed E-state index contributed by atoms with van der Waals surface area (Å²) in [4.78, 5) is 10.9. The molecule has 0 radical (unpaired) electrons. The van der Waals surface area contributed by atoms with E-state index < -0.39 is 0 Å². The van der Waals surface area contributed by atoms with Crippen LogP contribution < -0.4 is 4.74 Å². The molecular weight excluding hydrogens is 328 g/mol. The normalized spacial score (nSPS) is 15.8. The summed E-state index contributed by atoms with van der Waals surface area (Å²) in [5.41, 5.74) is 1.39. The fraction of sp³-hybridized carbons (Fsp3) is 0.350. The number of hydrogen-bond acceptors (Lipinski definition) is 6. The Morgan fingerprint density at radius 3 is 2.58 bits per heavy atom. The molecule has 1 aliphatic heterocycles. The number of ether oxygens (including phenoxy) is 1. The van der Waals surface area contributed by atoms with Crippen molar-refractivity contribution in [2.75, 3.05) is 13.1 Å². The van der Waals surface area contributed by atoms with Gasteiger partial charge in [0.25, 0.3) is 0 Å². The Morgan fingerprint density at radius 1 is 1.04 bits per heavy atom. The zero-order valence-corrected chi connectivity index (χ0v) is 14.6. The van der Waals surface area contributed by atoms with Crippen molar-refractivity contribution in [2.45, 2.75) is 31.9 Å². The Hall–Kier alpha value is -2.73. The summed E-state index contributed by atoms with van der Waals surface area (Å²) in [5, 5.41) is 4.01. The van der Waals surface area contributed by atoms with Crippen molar-refractivity contribution in [3.63, 3.8) is 0 Å². The molecule has 1 fully saturated rings. The number of pyridine rings is 1. The minimum absolute atomic E-state index is 0.317. The lowest BCUT2D eigenvalue weighted by molar-refractivity contribution is 0.180. The second kappa shape index (κ2) is 8.10. The van der Waals surface area contributed by atoms with Crippen molar-refractivity contribution in [1.29, 1.82) is 0 Å². The summed E-state index contributed by atoms with van der Waals surface area (Å²) in [6, 6.07) is 13.9. The van der Waals surface area contributed by atoms with Crippen molar-refractivity contribution < 1.29 is 9.26 Å². The third-order valence-corrected chi connectivity index (χ3v) is 4.75. The number of hydrogen-bond donors (Lipinski definition) is 0. The van der Waals surface area contributed by atoms with Crippen LogP contribution in [0.2, 0.25) is 0 Å². The number of aromatic nitrogens is 3. The number of nitrogens with zero attached hydrogens (tertiary/aromatic N) is 4. The minimum atomic E-state index is 0.317. The van der Waals surface area contributed by atoms with Gasteiger partial charge in [-0.2, -0.15) is 4.98 Å². The van der Waals surface area contributed by atoms with E-state index in [1.165, 1.54) is 5.56 Å². The van der Waals surface area contributed by atoms with Crippen LogP contribution in [0.1, 0.15) is 36.0 Å². The highest BCUT2D eigenvalue weighted by atomic mass is 16.5. The predicted octanol–water partition coefficient (Wildman–Crippen LogP) is 3.42. The summed E-state index contributed by atoms with van der Waals surface area (Å²) < 4.78 is 11.0. The van der Waals surface area contributed by atoms with Crippen LogP contribution in [0.15, 0.2) is 59.4 Å². The lowest BCUT2D eigenvalue weighted by atomic mass is 9.90. The smallest absolute Gasteiger partial charge is 0.240 e. The van der Waals surface area contributed by atoms with Gasteiger partial charge in [0.1, 0.15) is 5.75 Å². The lowest BCUT2D eigenvalue weighted by Crippen LogP contribution is -2.32. The first-order valence-corrected chi connectivity index (χ1v) is 8.98. The molecule has 4 rings (SSSR count). The van der Waals surface area contributed by atoms with E-state index >= 15 is 0 Å². The molecule has 1 saturated heterocycles. The van der Waals surface area contributed by atoms with Crippen LogP contribution in [-0.2, 0) is 13.2 Å². The Kier molecular flexibility index (Phi) is 5.21. The Labute approximate surface area is 152 Å². The lowest BCUT2D eigenvalue weighted by Gasteiger charge is -2.31. The van der Waals surface area contributed by atoms with Gasteiger partial charge >= 0.3 is 0 Å². The third kappa shape index (κ3) is 4.26. The fourth-order valence-corrected chi connectivity index (χ4v) is 3.33. The van der Waals surface area contributed by atoms with Gasteiger partial charge in [0, 0.05) is 12.4 Å². The zero-order valence-electron chi connectivity index (χ0n) is 14.6. The number of rotatable bonds is 6. The van der Waals surface area contributed by atoms with Crippen molar-refractivity contribution in [1.82, 2.24) is 20.0 Å². The molecule has 0 aliphatic carbocycles. The molecule has 26 heavy (non-hydrogen) atoms. The van der Waals surface area contributed by atoms with E-state index in [1.807, 2.05) is 42.7 Å². The molecule has 0 saturated carbocycles. The number of piperidine rings is 1. The fourth-order valence-electron chi connectivity index (χ4n) is 3.33. The molecule has 0 atom stereocenters. The molecule has 3 heterocycles. The van der Waals surface area contributed by atoms with Crippen LogP contribution in [0.4, 0.5) is 0 Å². The average molecular weight is 350 g/mol. The van der Waals surface area contributed by atoms with Crippen molar-refractivity contribution >= 4 is 0 Å². The number of benzene rings is 1. The van der Waals surface area contributed by atoms with E-state index in [1.54, 1.807) is 0 Å². The summed E-state index contributed by atoms with van der Waals surface area (Å²) in [6.45, 7) is 3.08. The van der Waals surface area contributed by atoms with Crippen molar-refractivity contribution in [2.24, 2.45) is 0 Å². The molecule has 1 aromatic carbocycles. The molecule has 1 aliphatic rings. The molecule has 0 N–H and O–H groups in total. The van der Waals surface area contributed by atoms with Crippen LogP contribution in [-0.4, -0.2) is 33.1 Å². The molecule has 2 aromatic heterocycles. The van der Waals surface area contributed by atoms with Gasteiger partial charge in [-0.3, -0.25) is 9.88 Å². The van der Waals surface area contributed by atoms with E-state index in [9.17, 15) is 0 Å². The molecule has 0 bridgehead atoms. The Bertz CT molecular complexity index is 799. The first kappa shape index (κ1) is 16.7. The molecule has 0 spiro atoms. The van der Waals surface area contributed by atoms with Gasteiger partial charge < -0.3 is 9.26 Å². The van der Waals surface area contributed by atoms with Gasteiger partial charge in [-0.15, -0.1) is 0 Å². The molecule has 0 unspecified atom stereocenters. The number of likely N-dealkylation sites (tertiary alicyclic amines) is 1. The van der Waals surface area contributed by atoms with Gasteiger partial charge in [-0.05, 0) is 61.7 Å². The Balaban J connectivity index is 1.26. The van der Waals surface area contributed by atoms with Crippen LogP contribution in [0.3, 0.4) is 0 Å². The topological polar surface area (TPSA) is 64.3 Å². The maximum absolute atomic E-state index is 5.65. The van der Waals surface area contributed by atoms with E-state index in [-0.39, 0.29) is 0 Å². The van der Waals surface area contributed by atoms with E-state index in [0.29, 0.717) is 30.8 Å². The second-order valence-electron chi connectivity index (χ2n) is 6.54. The molecule has 3 aromatic rings. The summed E-state index contributed by atoms with van der Waals surface area (Å²) >= 11 is 0. The van der Waals surface area contributed by atoms with Gasteiger partial charge in [0.2, 0.25) is 11.7 Å². The third-order valence-electron chi connectivity index (χ3n) is 4.75. The van der Waals surface area contributed by atoms with E-state index in [2.05, 4.69) is 32.2 Å². The quantitative estimate of drug-likeness (QED) is 0.679. The van der Waals surface area contributed by atoms with Crippen molar-refractivity contribution in [3.05, 3.63) is 72.1 Å². The highest BCUT2D eigenvalue weighted by molar-refractivity contribution is 5.21. The predicted molar refractivity (Wildman–Crippen MR) is 96.6 cm³/mol.